The number of ether oxygens (including phenoxy) is 1. The van der Waals surface area contributed by atoms with Gasteiger partial charge in [-0.2, -0.15) is 0 Å². The molecule has 0 saturated carbocycles. The first-order valence-electron chi connectivity index (χ1n) is 9.66. The van der Waals surface area contributed by atoms with Crippen molar-refractivity contribution in [3.05, 3.63) is 17.5 Å². The van der Waals surface area contributed by atoms with E-state index in [4.69, 9.17) is 9.26 Å². The Bertz CT molecular complexity index is 608. The van der Waals surface area contributed by atoms with Crippen LogP contribution in [0.5, 0.6) is 0 Å². The Morgan fingerprint density at radius 2 is 2.08 bits per heavy atom. The van der Waals surface area contributed by atoms with Gasteiger partial charge in [-0.3, -0.25) is 4.90 Å². The monoisotopic (exact) mass is 364 g/mol. The zero-order chi connectivity index (χ0) is 18.7. The lowest BCUT2D eigenvalue weighted by atomic mass is 9.91. The van der Waals surface area contributed by atoms with Gasteiger partial charge < -0.3 is 19.1 Å². The number of hydrogen-bond donors (Lipinski definition) is 0. The third-order valence-corrected chi connectivity index (χ3v) is 5.29. The Hall–Kier alpha value is -1.60. The Balaban J connectivity index is 1.46. The van der Waals surface area contributed by atoms with Crippen LogP contribution in [0.15, 0.2) is 10.6 Å². The summed E-state index contributed by atoms with van der Waals surface area (Å²) in [7, 11) is 2.11. The minimum absolute atomic E-state index is 0.151. The molecule has 0 aliphatic carbocycles. The number of aryl methyl sites for hydroxylation is 1. The van der Waals surface area contributed by atoms with Gasteiger partial charge in [0.15, 0.2) is 5.76 Å². The molecule has 2 aliphatic rings. The number of carbonyl (C=O) groups excluding carboxylic acids is 1. The Labute approximate surface area is 156 Å². The van der Waals surface area contributed by atoms with Gasteiger partial charge in [-0.15, -0.1) is 0 Å². The smallest absolute Gasteiger partial charge is 0.410 e. The number of piperidine rings is 1. The summed E-state index contributed by atoms with van der Waals surface area (Å²) < 4.78 is 11.1. The van der Waals surface area contributed by atoms with E-state index in [0.717, 1.165) is 70.1 Å². The molecule has 1 amide bonds. The topological polar surface area (TPSA) is 62.0 Å². The third kappa shape index (κ3) is 4.76. The molecule has 1 aromatic rings. The Morgan fingerprint density at radius 3 is 2.69 bits per heavy atom. The fourth-order valence-corrected chi connectivity index (χ4v) is 3.96. The number of nitrogens with zero attached hydrogens (tertiary/aromatic N) is 4. The molecule has 0 atom stereocenters. The predicted octanol–water partition coefficient (Wildman–Crippen LogP) is 2.36. The second-order valence-electron chi connectivity index (χ2n) is 8.34. The molecule has 3 heterocycles. The van der Waals surface area contributed by atoms with Gasteiger partial charge in [0, 0.05) is 51.6 Å². The molecule has 0 unspecified atom stereocenters. The molecule has 26 heavy (non-hydrogen) atoms. The van der Waals surface area contributed by atoms with Crippen molar-refractivity contribution in [2.45, 2.75) is 45.8 Å². The zero-order valence-corrected chi connectivity index (χ0v) is 16.5. The number of carbonyl (C=O) groups is 1. The predicted molar refractivity (Wildman–Crippen MR) is 98.9 cm³/mol. The molecule has 0 N–H and O–H groups in total. The van der Waals surface area contributed by atoms with Gasteiger partial charge in [-0.25, -0.2) is 4.79 Å². The van der Waals surface area contributed by atoms with E-state index in [1.807, 2.05) is 17.9 Å². The third-order valence-electron chi connectivity index (χ3n) is 5.29. The Kier molecular flexibility index (Phi) is 5.87. The van der Waals surface area contributed by atoms with Gasteiger partial charge in [0.2, 0.25) is 0 Å². The highest BCUT2D eigenvalue weighted by atomic mass is 16.6. The summed E-state index contributed by atoms with van der Waals surface area (Å²) in [5.41, 5.74) is 0.609. The zero-order valence-electron chi connectivity index (χ0n) is 16.5. The van der Waals surface area contributed by atoms with Crippen LogP contribution in [0.25, 0.3) is 0 Å². The highest BCUT2D eigenvalue weighted by Gasteiger charge is 2.46. The van der Waals surface area contributed by atoms with E-state index in [-0.39, 0.29) is 11.7 Å². The second kappa shape index (κ2) is 7.96. The van der Waals surface area contributed by atoms with Crippen molar-refractivity contribution in [3.63, 3.8) is 0 Å². The molecule has 2 fully saturated rings. The largest absolute Gasteiger partial charge is 0.441 e. The van der Waals surface area contributed by atoms with Crippen LogP contribution in [0.1, 0.15) is 38.1 Å². The van der Waals surface area contributed by atoms with Gasteiger partial charge in [-0.05, 0) is 19.9 Å². The molecule has 3 rings (SSSR count). The first kappa shape index (κ1) is 19.2. The molecule has 0 radical (unpaired) electrons. The van der Waals surface area contributed by atoms with E-state index >= 15 is 0 Å². The lowest BCUT2D eigenvalue weighted by Gasteiger charge is -2.37. The molecule has 0 bridgehead atoms. The lowest BCUT2D eigenvalue weighted by Crippen LogP contribution is -2.47. The standard InChI is InChI=1S/C19H32N4O3/c1-15(2)12-21(4)9-10-23-14-19(25-18(23)24)5-7-22(8-6-19)13-17-11-16(3)20-26-17/h11,15H,5-10,12-14H2,1-4H3. The summed E-state index contributed by atoms with van der Waals surface area (Å²) in [4.78, 5) is 18.8. The Morgan fingerprint density at radius 1 is 1.35 bits per heavy atom. The lowest BCUT2D eigenvalue weighted by molar-refractivity contribution is -0.00297. The van der Waals surface area contributed by atoms with Crippen LogP contribution in [0, 0.1) is 12.8 Å². The van der Waals surface area contributed by atoms with Crippen LogP contribution < -0.4 is 0 Å². The molecule has 146 valence electrons. The van der Waals surface area contributed by atoms with Crippen molar-refractivity contribution in [2.24, 2.45) is 5.92 Å². The minimum Gasteiger partial charge on any atom is -0.441 e. The molecular formula is C19H32N4O3. The number of likely N-dealkylation sites (N-methyl/N-ethyl adjacent to an activating group) is 1. The molecule has 7 nitrogen and oxygen atoms in total. The molecule has 7 heteroatoms. The quantitative estimate of drug-likeness (QED) is 0.740. The summed E-state index contributed by atoms with van der Waals surface area (Å²) in [6, 6.07) is 1.98. The van der Waals surface area contributed by atoms with E-state index in [9.17, 15) is 4.79 Å². The number of rotatable bonds is 7. The van der Waals surface area contributed by atoms with Crippen molar-refractivity contribution in [3.8, 4) is 0 Å². The van der Waals surface area contributed by atoms with Crippen molar-refractivity contribution >= 4 is 6.09 Å². The van der Waals surface area contributed by atoms with Crippen molar-refractivity contribution < 1.29 is 14.1 Å². The van der Waals surface area contributed by atoms with Crippen LogP contribution in [0.3, 0.4) is 0 Å². The number of aromatic nitrogens is 1. The van der Waals surface area contributed by atoms with Crippen LogP contribution >= 0.6 is 0 Å². The van der Waals surface area contributed by atoms with Gasteiger partial charge >= 0.3 is 6.09 Å². The average Bonchev–Trinajstić information content (AvgIpc) is 3.11. The van der Waals surface area contributed by atoms with Crippen LogP contribution in [0.4, 0.5) is 4.79 Å². The fraction of sp³-hybridized carbons (Fsp3) is 0.789. The minimum atomic E-state index is -0.304. The van der Waals surface area contributed by atoms with E-state index in [1.54, 1.807) is 0 Å². The normalized spacial score (nSPS) is 20.5. The first-order valence-corrected chi connectivity index (χ1v) is 9.66. The maximum absolute atomic E-state index is 12.3. The SMILES string of the molecule is Cc1cc(CN2CCC3(CC2)CN(CCN(C)CC(C)C)C(=O)O3)on1. The van der Waals surface area contributed by atoms with E-state index in [2.05, 4.69) is 35.9 Å². The number of hydrogen-bond acceptors (Lipinski definition) is 6. The van der Waals surface area contributed by atoms with Gasteiger partial charge in [0.25, 0.3) is 0 Å². The maximum atomic E-state index is 12.3. The average molecular weight is 364 g/mol. The van der Waals surface area contributed by atoms with Gasteiger partial charge in [-0.1, -0.05) is 19.0 Å². The second-order valence-corrected chi connectivity index (χ2v) is 8.34. The van der Waals surface area contributed by atoms with Crippen LogP contribution in [0.2, 0.25) is 0 Å². The highest BCUT2D eigenvalue weighted by Crippen LogP contribution is 2.33. The van der Waals surface area contributed by atoms with E-state index in [0.29, 0.717) is 5.92 Å². The molecule has 1 spiro atoms. The van der Waals surface area contributed by atoms with E-state index in [1.165, 1.54) is 0 Å². The summed E-state index contributed by atoms with van der Waals surface area (Å²) >= 11 is 0. The molecular weight excluding hydrogens is 332 g/mol. The number of amides is 1. The van der Waals surface area contributed by atoms with Gasteiger partial charge in [0.1, 0.15) is 5.60 Å². The van der Waals surface area contributed by atoms with Crippen molar-refractivity contribution in [2.75, 3.05) is 46.3 Å². The highest BCUT2D eigenvalue weighted by molar-refractivity contribution is 5.70. The number of likely N-dealkylation sites (tertiary alicyclic amines) is 1. The summed E-state index contributed by atoms with van der Waals surface area (Å²) in [6.07, 6.45) is 1.61. The van der Waals surface area contributed by atoms with Crippen molar-refractivity contribution in [1.29, 1.82) is 0 Å². The van der Waals surface area contributed by atoms with E-state index < -0.39 is 0 Å². The summed E-state index contributed by atoms with van der Waals surface area (Å²) in [5, 5.41) is 3.94. The molecule has 2 aliphatic heterocycles. The van der Waals surface area contributed by atoms with Gasteiger partial charge in [0.05, 0.1) is 18.8 Å². The fourth-order valence-electron chi connectivity index (χ4n) is 3.96. The molecule has 2 saturated heterocycles. The maximum Gasteiger partial charge on any atom is 0.410 e. The summed E-state index contributed by atoms with van der Waals surface area (Å²) in [5.74, 6) is 1.53. The molecule has 1 aromatic heterocycles. The van der Waals surface area contributed by atoms with Crippen LogP contribution in [-0.2, 0) is 11.3 Å². The first-order chi connectivity index (χ1) is 12.3. The summed E-state index contributed by atoms with van der Waals surface area (Å²) in [6.45, 7) is 12.3. The van der Waals surface area contributed by atoms with Crippen molar-refractivity contribution in [1.82, 2.24) is 19.9 Å². The molecule has 0 aromatic carbocycles. The van der Waals surface area contributed by atoms with Crippen LogP contribution in [-0.4, -0.2) is 77.9 Å².